The quantitative estimate of drug-likeness (QED) is 0.428. The Morgan fingerprint density at radius 3 is 2.81 bits per heavy atom. The molecule has 0 N–H and O–H groups in total. The first kappa shape index (κ1) is 21.3. The summed E-state index contributed by atoms with van der Waals surface area (Å²) in [5.74, 6) is -0.0129. The lowest BCUT2D eigenvalue weighted by molar-refractivity contribution is -0.0432. The van der Waals surface area contributed by atoms with Crippen molar-refractivity contribution in [1.82, 2.24) is 24.9 Å². The van der Waals surface area contributed by atoms with Crippen LogP contribution in [0.4, 0.5) is 10.1 Å². The topological polar surface area (TPSA) is 107 Å². The summed E-state index contributed by atoms with van der Waals surface area (Å²) in [6.07, 6.45) is 12.6. The van der Waals surface area contributed by atoms with Gasteiger partial charge in [0.2, 0.25) is 11.4 Å². The maximum atomic E-state index is 16.2. The standard InChI is InChI=1S/C25H23FN8O2/c1-14-9-33-21-16(6-25(11-28-13-29-12-25)23(33)15(2)35-14)5-18-22(20(21)26)36-32-24(18)34-10-17(7-31-34)19-8-27-3-4-30-19/h3-5,7-8,10-12,14-15,23H,6,9,13H2,1-2H3/t14-,15+,23-/m0/s1. The Hall–Kier alpha value is -3.99. The fourth-order valence-corrected chi connectivity index (χ4v) is 5.96. The van der Waals surface area contributed by atoms with Gasteiger partial charge in [-0.3, -0.25) is 20.0 Å². The molecular weight excluding hydrogens is 463 g/mol. The summed E-state index contributed by atoms with van der Waals surface area (Å²) >= 11 is 0. The van der Waals surface area contributed by atoms with Gasteiger partial charge in [0, 0.05) is 43.1 Å². The Balaban J connectivity index is 1.39. The zero-order valence-corrected chi connectivity index (χ0v) is 19.7. The molecule has 0 saturated carbocycles. The van der Waals surface area contributed by atoms with E-state index in [9.17, 15) is 0 Å². The number of halogens is 1. The minimum Gasteiger partial charge on any atom is -0.372 e. The van der Waals surface area contributed by atoms with Gasteiger partial charge in [-0.25, -0.2) is 9.07 Å². The minimum absolute atomic E-state index is 0.0549. The second-order valence-electron chi connectivity index (χ2n) is 9.65. The molecule has 0 aliphatic carbocycles. The first-order valence-electron chi connectivity index (χ1n) is 11.9. The summed E-state index contributed by atoms with van der Waals surface area (Å²) in [4.78, 5) is 19.5. The Morgan fingerprint density at radius 2 is 2.00 bits per heavy atom. The number of benzene rings is 1. The second-order valence-corrected chi connectivity index (χ2v) is 9.65. The van der Waals surface area contributed by atoms with E-state index < -0.39 is 11.2 Å². The molecule has 3 aliphatic rings. The molecule has 3 atom stereocenters. The molecule has 0 unspecified atom stereocenters. The van der Waals surface area contributed by atoms with E-state index in [-0.39, 0.29) is 23.8 Å². The summed E-state index contributed by atoms with van der Waals surface area (Å²) < 4.78 is 29.5. The number of anilines is 1. The summed E-state index contributed by atoms with van der Waals surface area (Å²) in [6, 6.07) is 1.83. The molecule has 3 aliphatic heterocycles. The number of aliphatic imine (C=N–C) groups is 2. The molecule has 10 nitrogen and oxygen atoms in total. The highest BCUT2D eigenvalue weighted by molar-refractivity contribution is 5.96. The molecular formula is C25H23FN8O2. The van der Waals surface area contributed by atoms with Crippen LogP contribution in [0.2, 0.25) is 0 Å². The monoisotopic (exact) mass is 486 g/mol. The average Bonchev–Trinajstić information content (AvgIpc) is 3.52. The molecule has 1 fully saturated rings. The van der Waals surface area contributed by atoms with Crippen LogP contribution in [0.1, 0.15) is 19.4 Å². The van der Waals surface area contributed by atoms with Gasteiger partial charge in [-0.15, -0.1) is 0 Å². The molecule has 4 aromatic rings. The molecule has 36 heavy (non-hydrogen) atoms. The van der Waals surface area contributed by atoms with Crippen LogP contribution in [0.5, 0.6) is 0 Å². The molecule has 1 spiro atoms. The van der Waals surface area contributed by atoms with Crippen LogP contribution in [-0.4, -0.2) is 68.8 Å². The first-order chi connectivity index (χ1) is 17.5. The molecule has 11 heteroatoms. The highest BCUT2D eigenvalue weighted by atomic mass is 19.1. The Bertz CT molecular complexity index is 1520. The van der Waals surface area contributed by atoms with E-state index in [1.807, 2.05) is 32.3 Å². The SMILES string of the molecule is C[C@H]1CN2c3c(cc4c(-n5cc(-c6cnccn6)cn5)noc4c3F)CC3(C=NCN=C3)[C@@H]2[C@@H](C)O1. The van der Waals surface area contributed by atoms with Gasteiger partial charge in [0.1, 0.15) is 6.67 Å². The van der Waals surface area contributed by atoms with Crippen molar-refractivity contribution in [2.45, 2.75) is 38.5 Å². The van der Waals surface area contributed by atoms with Crippen molar-refractivity contribution >= 4 is 29.1 Å². The van der Waals surface area contributed by atoms with Crippen molar-refractivity contribution in [3.8, 4) is 17.1 Å². The van der Waals surface area contributed by atoms with Crippen LogP contribution in [-0.2, 0) is 11.2 Å². The van der Waals surface area contributed by atoms with Crippen molar-refractivity contribution in [3.05, 3.63) is 48.4 Å². The van der Waals surface area contributed by atoms with E-state index in [0.717, 1.165) is 11.1 Å². The predicted octanol–water partition coefficient (Wildman–Crippen LogP) is 3.25. The summed E-state index contributed by atoms with van der Waals surface area (Å²) in [6.45, 7) is 5.00. The van der Waals surface area contributed by atoms with Crippen LogP contribution < -0.4 is 4.90 Å². The third-order valence-electron chi connectivity index (χ3n) is 7.24. The van der Waals surface area contributed by atoms with Gasteiger partial charge in [-0.1, -0.05) is 5.16 Å². The molecule has 182 valence electrons. The minimum atomic E-state index is -0.493. The van der Waals surface area contributed by atoms with Gasteiger partial charge in [-0.2, -0.15) is 5.10 Å². The number of rotatable bonds is 2. The van der Waals surface area contributed by atoms with Crippen LogP contribution in [0.3, 0.4) is 0 Å². The summed E-state index contributed by atoms with van der Waals surface area (Å²) in [7, 11) is 0. The fraction of sp³-hybridized carbons (Fsp3) is 0.360. The highest BCUT2D eigenvalue weighted by Gasteiger charge is 2.52. The van der Waals surface area contributed by atoms with Crippen molar-refractivity contribution < 1.29 is 13.7 Å². The van der Waals surface area contributed by atoms with Gasteiger partial charge in [0.15, 0.2) is 5.82 Å². The zero-order valence-electron chi connectivity index (χ0n) is 19.7. The van der Waals surface area contributed by atoms with Gasteiger partial charge in [-0.05, 0) is 31.9 Å². The van der Waals surface area contributed by atoms with E-state index in [1.54, 1.807) is 35.7 Å². The maximum absolute atomic E-state index is 16.2. The third kappa shape index (κ3) is 3.05. The summed E-state index contributed by atoms with van der Waals surface area (Å²) in [5.41, 5.74) is 2.45. The summed E-state index contributed by atoms with van der Waals surface area (Å²) in [5, 5.41) is 9.18. The van der Waals surface area contributed by atoms with Crippen molar-refractivity contribution in [2.75, 3.05) is 18.1 Å². The fourth-order valence-electron chi connectivity index (χ4n) is 5.96. The van der Waals surface area contributed by atoms with Gasteiger partial charge < -0.3 is 14.2 Å². The van der Waals surface area contributed by atoms with Crippen LogP contribution in [0.25, 0.3) is 28.0 Å². The third-order valence-corrected chi connectivity index (χ3v) is 7.24. The van der Waals surface area contributed by atoms with Crippen molar-refractivity contribution in [1.29, 1.82) is 0 Å². The van der Waals surface area contributed by atoms with E-state index in [4.69, 9.17) is 9.26 Å². The molecule has 0 amide bonds. The molecule has 6 heterocycles. The van der Waals surface area contributed by atoms with Crippen LogP contribution in [0.15, 0.2) is 51.6 Å². The lowest BCUT2D eigenvalue weighted by atomic mass is 9.69. The largest absolute Gasteiger partial charge is 0.372 e. The molecule has 0 bridgehead atoms. The molecule has 1 aromatic carbocycles. The van der Waals surface area contributed by atoms with Crippen LogP contribution in [0, 0.1) is 11.2 Å². The van der Waals surface area contributed by atoms with E-state index >= 15 is 4.39 Å². The number of nitrogens with zero attached hydrogens (tertiary/aromatic N) is 8. The maximum Gasteiger partial charge on any atom is 0.206 e. The van der Waals surface area contributed by atoms with Gasteiger partial charge >= 0.3 is 0 Å². The van der Waals surface area contributed by atoms with E-state index in [1.165, 1.54) is 0 Å². The van der Waals surface area contributed by atoms with Crippen molar-refractivity contribution in [3.63, 3.8) is 0 Å². The molecule has 7 rings (SSSR count). The lowest BCUT2D eigenvalue weighted by Gasteiger charge is -2.54. The Morgan fingerprint density at radius 1 is 1.14 bits per heavy atom. The Kier molecular flexibility index (Phi) is 4.59. The first-order valence-corrected chi connectivity index (χ1v) is 11.9. The van der Waals surface area contributed by atoms with E-state index in [2.05, 4.69) is 35.1 Å². The smallest absolute Gasteiger partial charge is 0.206 e. The zero-order chi connectivity index (χ0) is 24.4. The predicted molar refractivity (Wildman–Crippen MR) is 131 cm³/mol. The average molecular weight is 487 g/mol. The molecule has 1 saturated heterocycles. The number of morpholine rings is 1. The Labute approximate surface area is 205 Å². The number of hydrogen-bond donors (Lipinski definition) is 0. The number of ether oxygens (including phenoxy) is 1. The highest BCUT2D eigenvalue weighted by Crippen LogP contribution is 2.47. The second kappa shape index (κ2) is 7.76. The normalized spacial score (nSPS) is 24.3. The number of aromatic nitrogens is 5. The molecule has 0 radical (unpaired) electrons. The lowest BCUT2D eigenvalue weighted by Crippen LogP contribution is -2.65. The van der Waals surface area contributed by atoms with E-state index in [0.29, 0.717) is 42.2 Å². The molecule has 3 aromatic heterocycles. The number of fused-ring (bicyclic) bond motifs is 5. The number of hydrogen-bond acceptors (Lipinski definition) is 9. The van der Waals surface area contributed by atoms with Gasteiger partial charge in [0.05, 0.1) is 52.8 Å². The van der Waals surface area contributed by atoms with Crippen molar-refractivity contribution in [2.24, 2.45) is 15.4 Å². The van der Waals surface area contributed by atoms with Gasteiger partial charge in [0.25, 0.3) is 0 Å². The van der Waals surface area contributed by atoms with Crippen LogP contribution >= 0.6 is 0 Å².